The van der Waals surface area contributed by atoms with Crippen LogP contribution in [0.1, 0.15) is 46.1 Å². The first-order valence-corrected chi connectivity index (χ1v) is 10.3. The van der Waals surface area contributed by atoms with Gasteiger partial charge in [-0.1, -0.05) is 37.3 Å². The fourth-order valence-electron chi connectivity index (χ4n) is 2.68. The van der Waals surface area contributed by atoms with Crippen LogP contribution in [0.25, 0.3) is 0 Å². The Balaban J connectivity index is 1.99. The third-order valence-electron chi connectivity index (χ3n) is 3.84. The fourth-order valence-corrected chi connectivity index (χ4v) is 2.68. The molecule has 1 aromatic rings. The van der Waals surface area contributed by atoms with Crippen molar-refractivity contribution in [2.45, 2.75) is 52.7 Å². The highest BCUT2D eigenvalue weighted by molar-refractivity contribution is 5.67. The maximum absolute atomic E-state index is 11.5. The second-order valence-electron chi connectivity index (χ2n) is 7.77. The maximum Gasteiger partial charge on any atom is 0.407 e. The molecule has 0 saturated heterocycles. The third kappa shape index (κ3) is 13.5. The number of benzene rings is 1. The highest BCUT2D eigenvalue weighted by Gasteiger charge is 2.15. The van der Waals surface area contributed by atoms with Gasteiger partial charge in [-0.25, -0.2) is 4.79 Å². The Morgan fingerprint density at radius 2 is 1.68 bits per heavy atom. The minimum Gasteiger partial charge on any atom is -0.444 e. The van der Waals surface area contributed by atoms with E-state index in [1.807, 2.05) is 20.8 Å². The van der Waals surface area contributed by atoms with Gasteiger partial charge in [-0.05, 0) is 45.7 Å². The monoisotopic (exact) mass is 394 g/mol. The molecule has 0 aliphatic heterocycles. The molecule has 0 saturated carbocycles. The summed E-state index contributed by atoms with van der Waals surface area (Å²) in [6.07, 6.45) is 1.74. The molecule has 0 bridgehead atoms. The van der Waals surface area contributed by atoms with Crippen LogP contribution in [0.3, 0.4) is 0 Å². The first-order valence-electron chi connectivity index (χ1n) is 10.3. The number of hydrogen-bond donors (Lipinski definition) is 1. The second kappa shape index (κ2) is 14.4. The first-order chi connectivity index (χ1) is 13.4. The van der Waals surface area contributed by atoms with Gasteiger partial charge in [0.15, 0.2) is 0 Å². The number of nitrogens with zero attached hydrogens (tertiary/aromatic N) is 1. The fraction of sp³-hybridized carbons (Fsp3) is 0.682. The van der Waals surface area contributed by atoms with Crippen LogP contribution in [0.15, 0.2) is 30.3 Å². The summed E-state index contributed by atoms with van der Waals surface area (Å²) in [5.41, 5.74) is 0.873. The molecule has 1 amide bonds. The van der Waals surface area contributed by atoms with Gasteiger partial charge < -0.3 is 19.5 Å². The third-order valence-corrected chi connectivity index (χ3v) is 3.84. The normalized spacial score (nSPS) is 11.6. The molecule has 0 aliphatic rings. The summed E-state index contributed by atoms with van der Waals surface area (Å²) in [5, 5.41) is 2.66. The van der Waals surface area contributed by atoms with Crippen LogP contribution in [0.2, 0.25) is 0 Å². The van der Waals surface area contributed by atoms with Crippen molar-refractivity contribution in [1.82, 2.24) is 10.2 Å². The summed E-state index contributed by atoms with van der Waals surface area (Å²) < 4.78 is 16.2. The molecule has 0 atom stereocenters. The molecule has 160 valence electrons. The Hall–Kier alpha value is -1.63. The van der Waals surface area contributed by atoms with Gasteiger partial charge in [0.05, 0.1) is 19.8 Å². The lowest BCUT2D eigenvalue weighted by Gasteiger charge is -2.21. The van der Waals surface area contributed by atoms with Crippen molar-refractivity contribution in [3.8, 4) is 0 Å². The molecule has 0 spiro atoms. The van der Waals surface area contributed by atoms with E-state index >= 15 is 0 Å². The Bertz CT molecular complexity index is 517. The first kappa shape index (κ1) is 24.4. The molecule has 0 fully saturated rings. The number of rotatable bonds is 14. The van der Waals surface area contributed by atoms with Gasteiger partial charge in [0.25, 0.3) is 0 Å². The number of hydrogen-bond acceptors (Lipinski definition) is 5. The average Bonchev–Trinajstić information content (AvgIpc) is 2.62. The molecule has 0 heterocycles. The van der Waals surface area contributed by atoms with Crippen molar-refractivity contribution >= 4 is 6.09 Å². The van der Waals surface area contributed by atoms with Gasteiger partial charge >= 0.3 is 6.09 Å². The zero-order valence-electron chi connectivity index (χ0n) is 18.0. The van der Waals surface area contributed by atoms with E-state index < -0.39 is 11.7 Å². The molecule has 1 aromatic carbocycles. The second-order valence-corrected chi connectivity index (χ2v) is 7.77. The van der Waals surface area contributed by atoms with E-state index in [0.29, 0.717) is 26.4 Å². The SMILES string of the molecule is CCCN(CCCOCCOCCNC(=O)OC(C)(C)C)Cc1ccccc1. The van der Waals surface area contributed by atoms with E-state index in [2.05, 4.69) is 47.5 Å². The summed E-state index contributed by atoms with van der Waals surface area (Å²) >= 11 is 0. The number of amides is 1. The van der Waals surface area contributed by atoms with Crippen molar-refractivity contribution in [2.75, 3.05) is 46.1 Å². The van der Waals surface area contributed by atoms with Crippen molar-refractivity contribution in [3.05, 3.63) is 35.9 Å². The zero-order valence-corrected chi connectivity index (χ0v) is 18.0. The van der Waals surface area contributed by atoms with E-state index in [-0.39, 0.29) is 0 Å². The number of carbonyl (C=O) groups excluding carboxylic acids is 1. The quantitative estimate of drug-likeness (QED) is 0.486. The van der Waals surface area contributed by atoms with Gasteiger partial charge in [0.1, 0.15) is 5.60 Å². The highest BCUT2D eigenvalue weighted by atomic mass is 16.6. The van der Waals surface area contributed by atoms with Crippen molar-refractivity contribution in [3.63, 3.8) is 0 Å². The molecule has 0 aliphatic carbocycles. The lowest BCUT2D eigenvalue weighted by atomic mass is 10.2. The largest absolute Gasteiger partial charge is 0.444 e. The van der Waals surface area contributed by atoms with Crippen molar-refractivity contribution < 1.29 is 19.0 Å². The Morgan fingerprint density at radius 3 is 2.32 bits per heavy atom. The smallest absolute Gasteiger partial charge is 0.407 e. The van der Waals surface area contributed by atoms with Gasteiger partial charge in [-0.15, -0.1) is 0 Å². The molecule has 6 nitrogen and oxygen atoms in total. The number of nitrogens with one attached hydrogen (secondary N) is 1. The van der Waals surface area contributed by atoms with Gasteiger partial charge in [0, 0.05) is 26.2 Å². The maximum atomic E-state index is 11.5. The van der Waals surface area contributed by atoms with Gasteiger partial charge in [-0.2, -0.15) is 0 Å². The molecule has 6 heteroatoms. The minimum atomic E-state index is -0.480. The Labute approximate surface area is 170 Å². The summed E-state index contributed by atoms with van der Waals surface area (Å²) in [6.45, 7) is 13.5. The Kier molecular flexibility index (Phi) is 12.5. The molecular formula is C22H38N2O4. The number of alkyl carbamates (subject to hydrolysis) is 1. The standard InChI is InChI=1S/C22H38N2O4/c1-5-13-24(19-20-10-7-6-8-11-20)14-9-15-26-17-18-27-16-12-23-21(25)28-22(2,3)4/h6-8,10-11H,5,9,12-19H2,1-4H3,(H,23,25). The lowest BCUT2D eigenvalue weighted by molar-refractivity contribution is 0.0378. The number of ether oxygens (including phenoxy) is 3. The van der Waals surface area contributed by atoms with Crippen molar-refractivity contribution in [1.29, 1.82) is 0 Å². The summed E-state index contributed by atoms with van der Waals surface area (Å²) in [5.74, 6) is 0. The average molecular weight is 395 g/mol. The summed E-state index contributed by atoms with van der Waals surface area (Å²) in [4.78, 5) is 13.9. The molecular weight excluding hydrogens is 356 g/mol. The highest BCUT2D eigenvalue weighted by Crippen LogP contribution is 2.07. The van der Waals surface area contributed by atoms with E-state index in [9.17, 15) is 4.79 Å². The lowest BCUT2D eigenvalue weighted by Crippen LogP contribution is -2.34. The predicted molar refractivity (Wildman–Crippen MR) is 113 cm³/mol. The van der Waals surface area contributed by atoms with Crippen LogP contribution >= 0.6 is 0 Å². The molecule has 0 radical (unpaired) electrons. The molecule has 28 heavy (non-hydrogen) atoms. The topological polar surface area (TPSA) is 60.0 Å². The van der Waals surface area contributed by atoms with E-state index in [0.717, 1.165) is 39.1 Å². The van der Waals surface area contributed by atoms with E-state index in [4.69, 9.17) is 14.2 Å². The van der Waals surface area contributed by atoms with Gasteiger partial charge in [-0.3, -0.25) is 4.90 Å². The van der Waals surface area contributed by atoms with E-state index in [1.165, 1.54) is 5.56 Å². The van der Waals surface area contributed by atoms with Crippen LogP contribution in [0, 0.1) is 0 Å². The van der Waals surface area contributed by atoms with Crippen LogP contribution in [-0.2, 0) is 20.8 Å². The van der Waals surface area contributed by atoms with Crippen LogP contribution in [-0.4, -0.2) is 62.7 Å². The molecule has 0 aromatic heterocycles. The van der Waals surface area contributed by atoms with Crippen LogP contribution in [0.4, 0.5) is 4.79 Å². The summed E-state index contributed by atoms with van der Waals surface area (Å²) in [7, 11) is 0. The molecule has 1 rings (SSSR count). The predicted octanol–water partition coefficient (Wildman–Crippen LogP) is 3.85. The zero-order chi connectivity index (χ0) is 20.7. The Morgan fingerprint density at radius 1 is 1.00 bits per heavy atom. The van der Waals surface area contributed by atoms with Gasteiger partial charge in [0.2, 0.25) is 0 Å². The number of carbonyl (C=O) groups is 1. The minimum absolute atomic E-state index is 0.417. The molecule has 1 N–H and O–H groups in total. The molecule has 0 unspecified atom stereocenters. The van der Waals surface area contributed by atoms with Crippen molar-refractivity contribution in [2.24, 2.45) is 0 Å². The van der Waals surface area contributed by atoms with Crippen LogP contribution < -0.4 is 5.32 Å². The van der Waals surface area contributed by atoms with Crippen LogP contribution in [0.5, 0.6) is 0 Å². The summed E-state index contributed by atoms with van der Waals surface area (Å²) in [6, 6.07) is 10.6. The van der Waals surface area contributed by atoms with E-state index in [1.54, 1.807) is 0 Å².